The maximum atomic E-state index is 12.7. The van der Waals surface area contributed by atoms with E-state index in [1.807, 2.05) is 6.92 Å². The van der Waals surface area contributed by atoms with E-state index in [1.165, 1.54) is 24.6 Å². The molecule has 1 aliphatic rings. The monoisotopic (exact) mass is 285 g/mol. The molecule has 2 rings (SSSR count). The first-order chi connectivity index (χ1) is 9.00. The Bertz CT molecular complexity index is 556. The number of benzene rings is 1. The zero-order valence-corrected chi connectivity index (χ0v) is 12.2. The second kappa shape index (κ2) is 5.38. The summed E-state index contributed by atoms with van der Waals surface area (Å²) in [5, 5.41) is 0. The Hall–Kier alpha value is -1.27. The molecule has 1 aliphatic heterocycles. The van der Waals surface area contributed by atoms with Crippen molar-refractivity contribution >= 4 is 10.0 Å². The number of ether oxygens (including phenoxy) is 2. The van der Waals surface area contributed by atoms with E-state index in [2.05, 4.69) is 0 Å². The zero-order valence-electron chi connectivity index (χ0n) is 11.4. The van der Waals surface area contributed by atoms with Crippen LogP contribution < -0.4 is 9.47 Å². The van der Waals surface area contributed by atoms with Crippen LogP contribution >= 0.6 is 0 Å². The van der Waals surface area contributed by atoms with Gasteiger partial charge in [0.05, 0.1) is 14.2 Å². The van der Waals surface area contributed by atoms with E-state index >= 15 is 0 Å². The molecular weight excluding hydrogens is 266 g/mol. The first-order valence-corrected chi connectivity index (χ1v) is 7.68. The Morgan fingerprint density at radius 1 is 1.26 bits per heavy atom. The third-order valence-electron chi connectivity index (χ3n) is 3.45. The zero-order chi connectivity index (χ0) is 14.0. The van der Waals surface area contributed by atoms with Gasteiger partial charge in [0.25, 0.3) is 0 Å². The fourth-order valence-electron chi connectivity index (χ4n) is 2.38. The van der Waals surface area contributed by atoms with Crippen molar-refractivity contribution in [2.24, 2.45) is 0 Å². The maximum absolute atomic E-state index is 12.7. The molecule has 1 aromatic rings. The fraction of sp³-hybridized carbons (Fsp3) is 0.538. The molecule has 1 heterocycles. The van der Waals surface area contributed by atoms with Crippen LogP contribution in [0.2, 0.25) is 0 Å². The molecule has 0 N–H and O–H groups in total. The Kier molecular flexibility index (Phi) is 4.01. The standard InChI is InChI=1S/C13H19NO4S/c1-10-5-4-8-14(10)19(15,16)13-9-11(17-2)6-7-12(13)18-3/h6-7,9-10H,4-5,8H2,1-3H3. The van der Waals surface area contributed by atoms with Crippen LogP contribution in [0.3, 0.4) is 0 Å². The molecular formula is C13H19NO4S. The highest BCUT2D eigenvalue weighted by molar-refractivity contribution is 7.89. The summed E-state index contributed by atoms with van der Waals surface area (Å²) in [5.74, 6) is 0.853. The smallest absolute Gasteiger partial charge is 0.247 e. The number of nitrogens with zero attached hydrogens (tertiary/aromatic N) is 1. The molecule has 0 aromatic heterocycles. The van der Waals surface area contributed by atoms with Crippen molar-refractivity contribution in [1.29, 1.82) is 0 Å². The summed E-state index contributed by atoms with van der Waals surface area (Å²) in [6, 6.07) is 4.85. The molecule has 0 saturated carbocycles. The Labute approximate surface area is 114 Å². The Balaban J connectivity index is 2.49. The normalized spacial score (nSPS) is 20.5. The summed E-state index contributed by atoms with van der Waals surface area (Å²) >= 11 is 0. The molecule has 0 radical (unpaired) electrons. The second-order valence-electron chi connectivity index (χ2n) is 4.62. The van der Waals surface area contributed by atoms with Crippen LogP contribution in [0.5, 0.6) is 11.5 Å². The predicted molar refractivity (Wildman–Crippen MR) is 72.1 cm³/mol. The topological polar surface area (TPSA) is 55.8 Å². The number of hydrogen-bond donors (Lipinski definition) is 0. The number of methoxy groups -OCH3 is 2. The van der Waals surface area contributed by atoms with Crippen LogP contribution in [-0.4, -0.2) is 39.5 Å². The molecule has 0 spiro atoms. The van der Waals surface area contributed by atoms with Gasteiger partial charge in [0.2, 0.25) is 10.0 Å². The lowest BCUT2D eigenvalue weighted by molar-refractivity contribution is 0.380. The van der Waals surface area contributed by atoms with Gasteiger partial charge < -0.3 is 9.47 Å². The minimum absolute atomic E-state index is 0.0286. The first-order valence-electron chi connectivity index (χ1n) is 6.24. The third-order valence-corrected chi connectivity index (χ3v) is 5.48. The number of rotatable bonds is 4. The SMILES string of the molecule is COc1ccc(OC)c(S(=O)(=O)N2CCCC2C)c1. The lowest BCUT2D eigenvalue weighted by Gasteiger charge is -2.22. The van der Waals surface area contributed by atoms with Crippen LogP contribution in [-0.2, 0) is 10.0 Å². The lowest BCUT2D eigenvalue weighted by Crippen LogP contribution is -2.33. The van der Waals surface area contributed by atoms with E-state index in [-0.39, 0.29) is 10.9 Å². The van der Waals surface area contributed by atoms with E-state index in [0.29, 0.717) is 18.0 Å². The van der Waals surface area contributed by atoms with E-state index in [4.69, 9.17) is 9.47 Å². The van der Waals surface area contributed by atoms with Crippen molar-refractivity contribution in [1.82, 2.24) is 4.31 Å². The summed E-state index contributed by atoms with van der Waals surface area (Å²) in [4.78, 5) is 0.170. The second-order valence-corrected chi connectivity index (χ2v) is 6.48. The summed E-state index contributed by atoms with van der Waals surface area (Å²) in [7, 11) is -0.558. The van der Waals surface area contributed by atoms with Crippen LogP contribution in [0.1, 0.15) is 19.8 Å². The van der Waals surface area contributed by atoms with Crippen molar-refractivity contribution < 1.29 is 17.9 Å². The van der Waals surface area contributed by atoms with Crippen molar-refractivity contribution in [2.75, 3.05) is 20.8 Å². The van der Waals surface area contributed by atoms with E-state index in [9.17, 15) is 8.42 Å². The Morgan fingerprint density at radius 2 is 2.00 bits per heavy atom. The van der Waals surface area contributed by atoms with E-state index < -0.39 is 10.0 Å². The lowest BCUT2D eigenvalue weighted by atomic mass is 10.3. The van der Waals surface area contributed by atoms with Gasteiger partial charge >= 0.3 is 0 Å². The van der Waals surface area contributed by atoms with Gasteiger partial charge in [-0.2, -0.15) is 4.31 Å². The van der Waals surface area contributed by atoms with E-state index in [0.717, 1.165) is 12.8 Å². The highest BCUT2D eigenvalue weighted by Gasteiger charge is 2.34. The molecule has 1 unspecified atom stereocenters. The molecule has 1 aromatic carbocycles. The first kappa shape index (κ1) is 14.1. The van der Waals surface area contributed by atoms with Crippen LogP contribution in [0.25, 0.3) is 0 Å². The average Bonchev–Trinajstić information content (AvgIpc) is 2.85. The molecule has 6 heteroatoms. The molecule has 0 amide bonds. The van der Waals surface area contributed by atoms with Crippen molar-refractivity contribution in [3.05, 3.63) is 18.2 Å². The largest absolute Gasteiger partial charge is 0.497 e. The fourth-order valence-corrected chi connectivity index (χ4v) is 4.25. The van der Waals surface area contributed by atoms with Crippen LogP contribution in [0.15, 0.2) is 23.1 Å². The quantitative estimate of drug-likeness (QED) is 0.847. The van der Waals surface area contributed by atoms with Gasteiger partial charge in [-0.3, -0.25) is 0 Å². The summed E-state index contributed by atoms with van der Waals surface area (Å²) in [5.41, 5.74) is 0. The molecule has 0 aliphatic carbocycles. The minimum atomic E-state index is -3.53. The van der Waals surface area contributed by atoms with Gasteiger partial charge in [0, 0.05) is 18.7 Å². The minimum Gasteiger partial charge on any atom is -0.497 e. The predicted octanol–water partition coefficient (Wildman–Crippen LogP) is 1.88. The molecule has 106 valence electrons. The molecule has 1 saturated heterocycles. The molecule has 0 bridgehead atoms. The highest BCUT2D eigenvalue weighted by Crippen LogP contribution is 2.33. The van der Waals surface area contributed by atoms with E-state index in [1.54, 1.807) is 12.1 Å². The summed E-state index contributed by atoms with van der Waals surface area (Å²) < 4.78 is 37.2. The van der Waals surface area contributed by atoms with Crippen LogP contribution in [0.4, 0.5) is 0 Å². The molecule has 1 atom stereocenters. The summed E-state index contributed by atoms with van der Waals surface area (Å²) in [6.07, 6.45) is 1.79. The number of hydrogen-bond acceptors (Lipinski definition) is 4. The van der Waals surface area contributed by atoms with Crippen molar-refractivity contribution in [3.63, 3.8) is 0 Å². The molecule has 19 heavy (non-hydrogen) atoms. The molecule has 1 fully saturated rings. The van der Waals surface area contributed by atoms with Gasteiger partial charge in [-0.15, -0.1) is 0 Å². The van der Waals surface area contributed by atoms with Gasteiger partial charge in [-0.25, -0.2) is 8.42 Å². The van der Waals surface area contributed by atoms with Gasteiger partial charge in [-0.1, -0.05) is 0 Å². The maximum Gasteiger partial charge on any atom is 0.247 e. The third kappa shape index (κ3) is 2.55. The summed E-state index contributed by atoms with van der Waals surface area (Å²) in [6.45, 7) is 2.49. The van der Waals surface area contributed by atoms with Crippen molar-refractivity contribution in [3.8, 4) is 11.5 Å². The van der Waals surface area contributed by atoms with Crippen LogP contribution in [0, 0.1) is 0 Å². The van der Waals surface area contributed by atoms with Gasteiger partial charge in [0.15, 0.2) is 0 Å². The molecule has 5 nitrogen and oxygen atoms in total. The Morgan fingerprint density at radius 3 is 2.53 bits per heavy atom. The average molecular weight is 285 g/mol. The van der Waals surface area contributed by atoms with Gasteiger partial charge in [-0.05, 0) is 31.9 Å². The van der Waals surface area contributed by atoms with Gasteiger partial charge in [0.1, 0.15) is 16.4 Å². The highest BCUT2D eigenvalue weighted by atomic mass is 32.2. The number of sulfonamides is 1. The van der Waals surface area contributed by atoms with Crippen molar-refractivity contribution in [2.45, 2.75) is 30.7 Å².